The number of nitrogens with zero attached hydrogens (tertiary/aromatic N) is 2. The van der Waals surface area contributed by atoms with E-state index in [9.17, 15) is 27.9 Å². The summed E-state index contributed by atoms with van der Waals surface area (Å²) < 4.78 is 42.8. The zero-order valence-electron chi connectivity index (χ0n) is 19.4. The van der Waals surface area contributed by atoms with Crippen LogP contribution < -0.4 is 15.5 Å². The van der Waals surface area contributed by atoms with Gasteiger partial charge in [0, 0.05) is 19.2 Å². The molecule has 3 rings (SSSR count). The Kier molecular flexibility index (Phi) is 7.42. The summed E-state index contributed by atoms with van der Waals surface area (Å²) >= 11 is 0. The van der Waals surface area contributed by atoms with E-state index < -0.39 is 35.7 Å². The third-order valence-corrected chi connectivity index (χ3v) is 5.35. The summed E-state index contributed by atoms with van der Waals surface area (Å²) in [5.74, 6) is -1.28. The van der Waals surface area contributed by atoms with Crippen molar-refractivity contribution in [3.63, 3.8) is 0 Å². The summed E-state index contributed by atoms with van der Waals surface area (Å²) in [6.07, 6.45) is -4.18. The predicted molar refractivity (Wildman–Crippen MR) is 121 cm³/mol. The molecule has 0 spiro atoms. The Labute approximate surface area is 195 Å². The van der Waals surface area contributed by atoms with E-state index >= 15 is 0 Å². The first kappa shape index (κ1) is 25.4. The molecule has 0 aliphatic heterocycles. The fourth-order valence-electron chi connectivity index (χ4n) is 3.88. The number of carbonyl (C=O) groups excluding carboxylic acids is 1. The number of carboxylic acids is 1. The number of carbonyl (C=O) groups is 2. The average molecular weight is 483 g/mol. The lowest BCUT2D eigenvalue weighted by Crippen LogP contribution is -2.32. The minimum atomic E-state index is -4.69. The molecule has 2 atom stereocenters. The molecule has 0 saturated heterocycles. The highest BCUT2D eigenvalue weighted by Gasteiger charge is 2.44. The van der Waals surface area contributed by atoms with E-state index in [0.717, 1.165) is 11.3 Å². The second-order valence-electron chi connectivity index (χ2n) is 9.41. The molecule has 1 aromatic heterocycles. The number of rotatable bonds is 9. The number of aromatic nitrogens is 1. The Morgan fingerprint density at radius 3 is 2.29 bits per heavy atom. The lowest BCUT2D eigenvalue weighted by Gasteiger charge is -2.30. The van der Waals surface area contributed by atoms with E-state index in [1.807, 2.05) is 12.1 Å². The van der Waals surface area contributed by atoms with Gasteiger partial charge < -0.3 is 19.8 Å². The number of hydrogen-bond donors (Lipinski definition) is 3. The maximum Gasteiger partial charge on any atom is 0.436 e. The number of alkyl halides is 3. The van der Waals surface area contributed by atoms with Crippen LogP contribution in [0.25, 0.3) is 0 Å². The molecular weight excluding hydrogens is 453 g/mol. The number of hydrogen-bond acceptors (Lipinski definition) is 5. The molecule has 1 aromatic carbocycles. The number of benzene rings is 1. The molecule has 34 heavy (non-hydrogen) atoms. The van der Waals surface area contributed by atoms with Crippen molar-refractivity contribution in [3.05, 3.63) is 35.5 Å². The Hall–Kier alpha value is -3.24. The summed E-state index contributed by atoms with van der Waals surface area (Å²) in [6, 6.07) is 5.25. The summed E-state index contributed by atoms with van der Waals surface area (Å²) in [5.41, 5.74) is 0.698. The zero-order chi connectivity index (χ0) is 25.2. The Morgan fingerprint density at radius 2 is 1.79 bits per heavy atom. The molecule has 1 aliphatic carbocycles. The van der Waals surface area contributed by atoms with Crippen LogP contribution in [0.4, 0.5) is 35.2 Å². The second-order valence-corrected chi connectivity index (χ2v) is 9.41. The van der Waals surface area contributed by atoms with Gasteiger partial charge in [-0.2, -0.15) is 13.2 Å². The van der Waals surface area contributed by atoms with Crippen LogP contribution in [-0.4, -0.2) is 35.4 Å². The number of urea groups is 1. The van der Waals surface area contributed by atoms with Crippen molar-refractivity contribution in [1.82, 2.24) is 5.16 Å². The standard InChI is InChI=1S/C23H29F3N4O4/c1-12(2)10-30(11-13(3)4)18-6-5-14(15-8-16(15)21(31)32)7-17(18)27-22(33)28-20-9-19(29-34-20)23(24,25)26/h5-7,9,12-13,15-16H,8,10-11H2,1-4H3,(H,31,32)(H2,27,28,33). The van der Waals surface area contributed by atoms with Crippen molar-refractivity contribution in [2.24, 2.45) is 17.8 Å². The van der Waals surface area contributed by atoms with Crippen LogP contribution >= 0.6 is 0 Å². The van der Waals surface area contributed by atoms with E-state index in [1.165, 1.54) is 0 Å². The Morgan fingerprint density at radius 1 is 1.15 bits per heavy atom. The molecule has 2 aromatic rings. The highest BCUT2D eigenvalue weighted by molar-refractivity contribution is 6.01. The molecule has 3 N–H and O–H groups in total. The summed E-state index contributed by atoms with van der Waals surface area (Å²) in [5, 5.41) is 17.1. The first-order valence-electron chi connectivity index (χ1n) is 11.1. The summed E-state index contributed by atoms with van der Waals surface area (Å²) in [6.45, 7) is 9.73. The molecule has 0 radical (unpaired) electrons. The summed E-state index contributed by atoms with van der Waals surface area (Å²) in [4.78, 5) is 26.1. The molecule has 1 heterocycles. The number of halogens is 3. The van der Waals surface area contributed by atoms with Crippen LogP contribution in [0.15, 0.2) is 28.8 Å². The maximum atomic E-state index is 12.8. The van der Waals surface area contributed by atoms with Gasteiger partial charge in [0.25, 0.3) is 0 Å². The molecule has 2 unspecified atom stereocenters. The van der Waals surface area contributed by atoms with Gasteiger partial charge in [-0.05, 0) is 41.9 Å². The molecule has 2 amide bonds. The Balaban J connectivity index is 1.87. The molecule has 1 saturated carbocycles. The van der Waals surface area contributed by atoms with Gasteiger partial charge in [0.1, 0.15) is 0 Å². The van der Waals surface area contributed by atoms with Crippen LogP contribution in [0.5, 0.6) is 0 Å². The smallest absolute Gasteiger partial charge is 0.436 e. The van der Waals surface area contributed by atoms with Gasteiger partial charge >= 0.3 is 18.2 Å². The number of carboxylic acid groups (broad SMARTS) is 1. The van der Waals surface area contributed by atoms with Gasteiger partial charge in [0.05, 0.1) is 17.3 Å². The van der Waals surface area contributed by atoms with Gasteiger partial charge in [-0.1, -0.05) is 38.9 Å². The molecule has 0 bridgehead atoms. The molecule has 1 fully saturated rings. The molecule has 11 heteroatoms. The van der Waals surface area contributed by atoms with E-state index in [-0.39, 0.29) is 5.92 Å². The van der Waals surface area contributed by atoms with Crippen LogP contribution in [-0.2, 0) is 11.0 Å². The molecular formula is C23H29F3N4O4. The fourth-order valence-corrected chi connectivity index (χ4v) is 3.88. The number of amides is 2. The van der Waals surface area contributed by atoms with Gasteiger partial charge in [-0.3, -0.25) is 10.1 Å². The minimum Gasteiger partial charge on any atom is -0.481 e. The van der Waals surface area contributed by atoms with E-state index in [0.29, 0.717) is 43.1 Å². The largest absolute Gasteiger partial charge is 0.481 e. The lowest BCUT2D eigenvalue weighted by atomic mass is 10.0. The fraction of sp³-hybridized carbons (Fsp3) is 0.522. The lowest BCUT2D eigenvalue weighted by molar-refractivity contribution is -0.142. The molecule has 186 valence electrons. The third-order valence-electron chi connectivity index (χ3n) is 5.35. The predicted octanol–water partition coefficient (Wildman–Crippen LogP) is 5.64. The van der Waals surface area contributed by atoms with Gasteiger partial charge in [0.2, 0.25) is 5.88 Å². The zero-order valence-corrected chi connectivity index (χ0v) is 19.4. The number of nitrogens with one attached hydrogen (secondary N) is 2. The van der Waals surface area contributed by atoms with Crippen LogP contribution in [0.1, 0.15) is 51.3 Å². The van der Waals surface area contributed by atoms with Crippen LogP contribution in [0.2, 0.25) is 0 Å². The van der Waals surface area contributed by atoms with Crippen molar-refractivity contribution < 1.29 is 32.4 Å². The maximum absolute atomic E-state index is 12.8. The SMILES string of the molecule is CC(C)CN(CC(C)C)c1ccc(C2CC2C(=O)O)cc1NC(=O)Nc1cc(C(F)(F)F)no1. The Bertz CT molecular complexity index is 1030. The van der Waals surface area contributed by atoms with Crippen molar-refractivity contribution in [2.45, 2.75) is 46.2 Å². The number of aliphatic carboxylic acids is 1. The van der Waals surface area contributed by atoms with Crippen molar-refractivity contribution in [1.29, 1.82) is 0 Å². The topological polar surface area (TPSA) is 108 Å². The summed E-state index contributed by atoms with van der Waals surface area (Å²) in [7, 11) is 0. The normalized spacial score (nSPS) is 17.7. The van der Waals surface area contributed by atoms with Crippen molar-refractivity contribution >= 4 is 29.3 Å². The van der Waals surface area contributed by atoms with E-state index in [2.05, 4.69) is 52.9 Å². The quantitative estimate of drug-likeness (QED) is 0.427. The second kappa shape index (κ2) is 9.94. The van der Waals surface area contributed by atoms with E-state index in [4.69, 9.17) is 0 Å². The van der Waals surface area contributed by atoms with Crippen molar-refractivity contribution in [3.8, 4) is 0 Å². The first-order valence-corrected chi connectivity index (χ1v) is 11.1. The molecule has 1 aliphatic rings. The van der Waals surface area contributed by atoms with Gasteiger partial charge in [-0.15, -0.1) is 0 Å². The average Bonchev–Trinajstić information content (AvgIpc) is 3.37. The van der Waals surface area contributed by atoms with Crippen LogP contribution in [0, 0.1) is 17.8 Å². The first-order chi connectivity index (χ1) is 15.8. The van der Waals surface area contributed by atoms with Crippen LogP contribution in [0.3, 0.4) is 0 Å². The third kappa shape index (κ3) is 6.42. The molecule has 8 nitrogen and oxygen atoms in total. The highest BCUT2D eigenvalue weighted by atomic mass is 19.4. The van der Waals surface area contributed by atoms with Gasteiger partial charge in [0.15, 0.2) is 5.69 Å². The van der Waals surface area contributed by atoms with Gasteiger partial charge in [-0.25, -0.2) is 4.79 Å². The number of anilines is 3. The van der Waals surface area contributed by atoms with E-state index in [1.54, 1.807) is 6.07 Å². The van der Waals surface area contributed by atoms with Crippen molar-refractivity contribution in [2.75, 3.05) is 28.6 Å². The minimum absolute atomic E-state index is 0.151. The monoisotopic (exact) mass is 482 g/mol. The highest BCUT2D eigenvalue weighted by Crippen LogP contribution is 2.49.